The third-order valence-electron chi connectivity index (χ3n) is 6.54. The van der Waals surface area contributed by atoms with E-state index in [4.69, 9.17) is 0 Å². The van der Waals surface area contributed by atoms with Crippen molar-refractivity contribution in [1.29, 1.82) is 0 Å². The number of amides is 2. The minimum atomic E-state index is -0.493. The molecule has 1 aromatic carbocycles. The van der Waals surface area contributed by atoms with Gasteiger partial charge < -0.3 is 15.5 Å². The number of carbonyl (C=O) groups is 1. The first-order valence-corrected chi connectivity index (χ1v) is 11.6. The molecule has 2 atom stereocenters. The number of hydrogen-bond acceptors (Lipinski definition) is 6. The Morgan fingerprint density at radius 2 is 1.97 bits per heavy atom. The number of thiophene rings is 1. The number of H-pyrrole nitrogens is 1. The van der Waals surface area contributed by atoms with E-state index in [2.05, 4.69) is 42.9 Å². The molecule has 1 fully saturated rings. The Hall–Kier alpha value is -3.11. The molecule has 0 spiro atoms. The van der Waals surface area contributed by atoms with E-state index in [1.54, 1.807) is 17.7 Å². The van der Waals surface area contributed by atoms with Gasteiger partial charge in [0.2, 0.25) is 0 Å². The third kappa shape index (κ3) is 3.90. The summed E-state index contributed by atoms with van der Waals surface area (Å²) in [6, 6.07) is 12.5. The van der Waals surface area contributed by atoms with Crippen molar-refractivity contribution in [1.82, 2.24) is 30.4 Å². The van der Waals surface area contributed by atoms with Crippen LogP contribution in [0.1, 0.15) is 50.4 Å². The number of nitrogens with one attached hydrogen (secondary N) is 3. The molecule has 2 aliphatic rings. The molecule has 1 aliphatic carbocycles. The molecule has 1 saturated carbocycles. The molecule has 0 radical (unpaired) electrons. The number of carbonyl (C=O) groups excluding carboxylic acids is 1. The fourth-order valence-corrected chi connectivity index (χ4v) is 5.34. The van der Waals surface area contributed by atoms with Crippen molar-refractivity contribution in [3.8, 4) is 0 Å². The SMILES string of the molecule is C.CC1(C)c2[nH]nc(Nc3ncnc4sccc34)c2CN1C(=O)N[C@@H]1C[C@H]1c1ccccc1.S. The lowest BCUT2D eigenvalue weighted by atomic mass is 10.0. The van der Waals surface area contributed by atoms with Crippen LogP contribution in [0.25, 0.3) is 10.2 Å². The number of anilines is 2. The van der Waals surface area contributed by atoms with Crippen LogP contribution >= 0.6 is 24.8 Å². The molecular weight excluding hydrogens is 466 g/mol. The van der Waals surface area contributed by atoms with Gasteiger partial charge in [-0.1, -0.05) is 37.8 Å². The zero-order chi connectivity index (χ0) is 21.9. The standard InChI is InChI=1S/C23H23N7OS.CH4.H2S/c1-23(2)18-16(20(29-28-18)27-19-14-8-9-32-21(14)25-12-24-19)11-30(23)22(31)26-17-10-15(17)13-6-4-3-5-7-13;;/h3-9,12,15,17H,10-11H2,1-2H3,(H,26,31)(H2,24,25,27,28,29);1H4;1H2/t15-,17+;;/m0../s1. The minimum absolute atomic E-state index is 0. The first-order valence-electron chi connectivity index (χ1n) is 10.7. The Bertz CT molecular complexity index is 1320. The fourth-order valence-electron chi connectivity index (χ4n) is 4.61. The number of aromatic nitrogens is 4. The average molecular weight is 496 g/mol. The van der Waals surface area contributed by atoms with Crippen molar-refractivity contribution in [3.05, 3.63) is 64.9 Å². The maximum atomic E-state index is 13.2. The maximum Gasteiger partial charge on any atom is 0.318 e. The molecule has 10 heteroatoms. The van der Waals surface area contributed by atoms with Gasteiger partial charge in [0.1, 0.15) is 17.0 Å². The Kier molecular flexibility index (Phi) is 6.30. The molecule has 178 valence electrons. The zero-order valence-corrected chi connectivity index (χ0v) is 20.1. The van der Waals surface area contributed by atoms with Crippen molar-refractivity contribution in [3.63, 3.8) is 0 Å². The van der Waals surface area contributed by atoms with E-state index < -0.39 is 5.54 Å². The topological polar surface area (TPSA) is 98.8 Å². The highest BCUT2D eigenvalue weighted by molar-refractivity contribution is 7.59. The second kappa shape index (κ2) is 8.92. The van der Waals surface area contributed by atoms with Gasteiger partial charge in [-0.25, -0.2) is 14.8 Å². The Labute approximate surface area is 209 Å². The van der Waals surface area contributed by atoms with Gasteiger partial charge in [-0.3, -0.25) is 5.10 Å². The van der Waals surface area contributed by atoms with Gasteiger partial charge in [0.05, 0.1) is 23.2 Å². The molecule has 3 aromatic heterocycles. The number of fused-ring (bicyclic) bond motifs is 2. The lowest BCUT2D eigenvalue weighted by Crippen LogP contribution is -2.47. The largest absolute Gasteiger partial charge is 0.335 e. The van der Waals surface area contributed by atoms with Crippen molar-refractivity contribution < 1.29 is 4.79 Å². The molecule has 4 heterocycles. The van der Waals surface area contributed by atoms with Gasteiger partial charge in [-0.2, -0.15) is 18.6 Å². The number of nitrogens with zero attached hydrogens (tertiary/aromatic N) is 4. The van der Waals surface area contributed by atoms with Crippen molar-refractivity contribution >= 4 is 52.7 Å². The highest BCUT2D eigenvalue weighted by Gasteiger charge is 2.46. The van der Waals surface area contributed by atoms with Crippen LogP contribution in [0.2, 0.25) is 0 Å². The van der Waals surface area contributed by atoms with E-state index in [1.165, 1.54) is 5.56 Å². The van der Waals surface area contributed by atoms with Gasteiger partial charge in [-0.15, -0.1) is 11.3 Å². The van der Waals surface area contributed by atoms with E-state index in [0.717, 1.165) is 33.7 Å². The van der Waals surface area contributed by atoms with Crippen LogP contribution in [0.15, 0.2) is 48.1 Å². The van der Waals surface area contributed by atoms with Crippen molar-refractivity contribution in [2.75, 3.05) is 5.32 Å². The predicted molar refractivity (Wildman–Crippen MR) is 141 cm³/mol. The molecule has 3 N–H and O–H groups in total. The van der Waals surface area contributed by atoms with Gasteiger partial charge >= 0.3 is 6.03 Å². The zero-order valence-electron chi connectivity index (χ0n) is 18.3. The van der Waals surface area contributed by atoms with E-state index >= 15 is 0 Å². The molecule has 0 bridgehead atoms. The van der Waals surface area contributed by atoms with Gasteiger partial charge in [-0.05, 0) is 37.3 Å². The fraction of sp³-hybridized carbons (Fsp3) is 0.333. The van der Waals surface area contributed by atoms with Gasteiger partial charge in [0.15, 0.2) is 5.82 Å². The minimum Gasteiger partial charge on any atom is -0.335 e. The molecule has 0 unspecified atom stereocenters. The first-order chi connectivity index (χ1) is 15.5. The second-order valence-electron chi connectivity index (χ2n) is 8.87. The van der Waals surface area contributed by atoms with Gasteiger partial charge in [0, 0.05) is 17.5 Å². The van der Waals surface area contributed by atoms with E-state index in [0.29, 0.717) is 18.3 Å². The third-order valence-corrected chi connectivity index (χ3v) is 7.36. The Morgan fingerprint density at radius 3 is 2.76 bits per heavy atom. The molecule has 1 aliphatic heterocycles. The van der Waals surface area contributed by atoms with Crippen LogP contribution in [-0.4, -0.2) is 37.1 Å². The van der Waals surface area contributed by atoms with Crippen LogP contribution in [0.5, 0.6) is 0 Å². The number of aromatic amines is 1. The van der Waals surface area contributed by atoms with Crippen LogP contribution in [0.3, 0.4) is 0 Å². The summed E-state index contributed by atoms with van der Waals surface area (Å²) in [5, 5.41) is 17.2. The first kappa shape index (κ1) is 24.0. The lowest BCUT2D eigenvalue weighted by Gasteiger charge is -2.32. The molecule has 0 saturated heterocycles. The van der Waals surface area contributed by atoms with Crippen LogP contribution in [0, 0.1) is 0 Å². The monoisotopic (exact) mass is 495 g/mol. The lowest BCUT2D eigenvalue weighted by molar-refractivity contribution is 0.142. The van der Waals surface area contributed by atoms with Crippen LogP contribution < -0.4 is 10.6 Å². The normalized spacial score (nSPS) is 19.6. The number of benzene rings is 1. The van der Waals surface area contributed by atoms with Crippen molar-refractivity contribution in [2.45, 2.75) is 51.7 Å². The molecule has 6 rings (SSSR count). The van der Waals surface area contributed by atoms with Crippen LogP contribution in [0.4, 0.5) is 16.4 Å². The van der Waals surface area contributed by atoms with Crippen LogP contribution in [-0.2, 0) is 12.1 Å². The quantitative estimate of drug-likeness (QED) is 0.360. The number of hydrogen-bond donors (Lipinski definition) is 3. The predicted octanol–water partition coefficient (Wildman–Crippen LogP) is 5.22. The van der Waals surface area contributed by atoms with E-state index in [9.17, 15) is 4.79 Å². The molecular formula is C24H29N7OS2. The molecule has 2 amide bonds. The smallest absolute Gasteiger partial charge is 0.318 e. The summed E-state index contributed by atoms with van der Waals surface area (Å²) < 4.78 is 0. The second-order valence-corrected chi connectivity index (χ2v) is 9.76. The van der Waals surface area contributed by atoms with E-state index in [-0.39, 0.29) is 33.0 Å². The Morgan fingerprint density at radius 1 is 1.18 bits per heavy atom. The summed E-state index contributed by atoms with van der Waals surface area (Å²) >= 11 is 1.57. The summed E-state index contributed by atoms with van der Waals surface area (Å²) in [7, 11) is 0. The number of urea groups is 1. The summed E-state index contributed by atoms with van der Waals surface area (Å²) in [4.78, 5) is 24.7. The Balaban J connectivity index is 0.00000137. The molecule has 34 heavy (non-hydrogen) atoms. The summed E-state index contributed by atoms with van der Waals surface area (Å²) in [5.41, 5.74) is 2.72. The molecule has 4 aromatic rings. The average Bonchev–Trinajstić information content (AvgIpc) is 3.11. The highest BCUT2D eigenvalue weighted by Crippen LogP contribution is 2.44. The number of rotatable bonds is 4. The van der Waals surface area contributed by atoms with Gasteiger partial charge in [0.25, 0.3) is 0 Å². The molecule has 8 nitrogen and oxygen atoms in total. The highest BCUT2D eigenvalue weighted by atomic mass is 32.1. The summed E-state index contributed by atoms with van der Waals surface area (Å²) in [5.74, 6) is 1.81. The van der Waals surface area contributed by atoms with Crippen molar-refractivity contribution in [2.24, 2.45) is 0 Å². The van der Waals surface area contributed by atoms with E-state index in [1.807, 2.05) is 48.4 Å². The maximum absolute atomic E-state index is 13.2. The summed E-state index contributed by atoms with van der Waals surface area (Å²) in [6.07, 6.45) is 2.53. The summed E-state index contributed by atoms with van der Waals surface area (Å²) in [6.45, 7) is 4.57.